The van der Waals surface area contributed by atoms with Crippen molar-refractivity contribution in [3.63, 3.8) is 0 Å². The van der Waals surface area contributed by atoms with Gasteiger partial charge in [-0.2, -0.15) is 0 Å². The normalized spacial score (nSPS) is 19.3. The third kappa shape index (κ3) is 5.50. The van der Waals surface area contributed by atoms with Crippen LogP contribution in [0.5, 0.6) is 0 Å². The molecule has 0 saturated carbocycles. The van der Waals surface area contributed by atoms with Crippen LogP contribution in [0.1, 0.15) is 33.6 Å². The molecule has 1 amide bonds. The first kappa shape index (κ1) is 14.5. The van der Waals surface area contributed by atoms with Crippen molar-refractivity contribution in [1.29, 1.82) is 0 Å². The van der Waals surface area contributed by atoms with Gasteiger partial charge in [0, 0.05) is 25.6 Å². The third-order valence-corrected chi connectivity index (χ3v) is 3.20. The largest absolute Gasteiger partial charge is 0.355 e. The van der Waals surface area contributed by atoms with Crippen molar-refractivity contribution in [1.82, 2.24) is 10.2 Å². The lowest BCUT2D eigenvalue weighted by Crippen LogP contribution is -2.43. The van der Waals surface area contributed by atoms with Gasteiger partial charge in [-0.05, 0) is 31.3 Å². The number of nitrogens with one attached hydrogen (secondary N) is 1. The minimum absolute atomic E-state index is 0.163. The Morgan fingerprint density at radius 2 is 1.94 bits per heavy atom. The van der Waals surface area contributed by atoms with E-state index in [1.807, 2.05) is 0 Å². The number of carbonyl (C=O) groups excluding carboxylic acids is 1. The van der Waals surface area contributed by atoms with Crippen molar-refractivity contribution in [2.45, 2.75) is 33.6 Å². The van der Waals surface area contributed by atoms with Gasteiger partial charge in [0.05, 0.1) is 0 Å². The first-order valence-corrected chi connectivity index (χ1v) is 6.62. The van der Waals surface area contributed by atoms with Gasteiger partial charge in [0.2, 0.25) is 5.91 Å². The number of hydrogen-bond donors (Lipinski definition) is 2. The minimum Gasteiger partial charge on any atom is -0.355 e. The number of likely N-dealkylation sites (tertiary alicyclic amines) is 1. The van der Waals surface area contributed by atoms with Gasteiger partial charge in [-0.3, -0.25) is 4.79 Å². The molecule has 100 valence electrons. The monoisotopic (exact) mass is 241 g/mol. The highest BCUT2D eigenvalue weighted by molar-refractivity contribution is 5.78. The van der Waals surface area contributed by atoms with Crippen molar-refractivity contribution in [2.24, 2.45) is 17.1 Å². The zero-order chi connectivity index (χ0) is 12.9. The number of rotatable bonds is 4. The second-order valence-electron chi connectivity index (χ2n) is 6.18. The molecular formula is C13H27N3O. The van der Waals surface area contributed by atoms with E-state index in [9.17, 15) is 4.79 Å². The second-order valence-corrected chi connectivity index (χ2v) is 6.18. The van der Waals surface area contributed by atoms with Crippen LogP contribution < -0.4 is 11.1 Å². The molecule has 17 heavy (non-hydrogen) atoms. The molecule has 3 N–H and O–H groups in total. The van der Waals surface area contributed by atoms with E-state index in [0.29, 0.717) is 6.54 Å². The molecule has 0 aromatic heterocycles. The molecule has 1 fully saturated rings. The minimum atomic E-state index is 0.163. The Morgan fingerprint density at radius 1 is 1.35 bits per heavy atom. The highest BCUT2D eigenvalue weighted by Gasteiger charge is 2.25. The quantitative estimate of drug-likeness (QED) is 0.766. The van der Waals surface area contributed by atoms with E-state index in [2.05, 4.69) is 31.0 Å². The first-order valence-electron chi connectivity index (χ1n) is 6.62. The summed E-state index contributed by atoms with van der Waals surface area (Å²) in [6, 6.07) is 0. The predicted molar refractivity (Wildman–Crippen MR) is 70.7 cm³/mol. The maximum absolute atomic E-state index is 12.0. The number of piperidine rings is 1. The molecule has 1 heterocycles. The van der Waals surface area contributed by atoms with Crippen molar-refractivity contribution in [3.8, 4) is 0 Å². The molecule has 4 nitrogen and oxygen atoms in total. The lowest BCUT2D eigenvalue weighted by Gasteiger charge is -2.31. The van der Waals surface area contributed by atoms with E-state index in [1.54, 1.807) is 0 Å². The van der Waals surface area contributed by atoms with Gasteiger partial charge in [-0.15, -0.1) is 0 Å². The molecule has 0 aromatic carbocycles. The smallest absolute Gasteiger partial charge is 0.223 e. The van der Waals surface area contributed by atoms with E-state index in [1.165, 1.54) is 0 Å². The summed E-state index contributed by atoms with van der Waals surface area (Å²) in [5.74, 6) is 0.429. The lowest BCUT2D eigenvalue weighted by molar-refractivity contribution is -0.126. The second kappa shape index (κ2) is 6.36. The van der Waals surface area contributed by atoms with Crippen LogP contribution in [0.15, 0.2) is 0 Å². The molecule has 0 bridgehead atoms. The Balaban J connectivity index is 2.26. The third-order valence-electron chi connectivity index (χ3n) is 3.20. The van der Waals surface area contributed by atoms with Crippen LogP contribution in [-0.4, -0.2) is 43.5 Å². The molecule has 1 rings (SSSR count). The van der Waals surface area contributed by atoms with Crippen molar-refractivity contribution >= 4 is 5.91 Å². The summed E-state index contributed by atoms with van der Waals surface area (Å²) in [6.45, 7) is 10.8. The first-order chi connectivity index (χ1) is 7.92. The molecule has 0 aromatic rings. The molecule has 0 aliphatic carbocycles. The summed E-state index contributed by atoms with van der Waals surface area (Å²) in [5, 5.41) is 3.06. The fraction of sp³-hybridized carbons (Fsp3) is 0.923. The zero-order valence-electron chi connectivity index (χ0n) is 11.5. The highest BCUT2D eigenvalue weighted by Crippen LogP contribution is 2.18. The lowest BCUT2D eigenvalue weighted by atomic mass is 9.93. The van der Waals surface area contributed by atoms with Crippen LogP contribution >= 0.6 is 0 Å². The van der Waals surface area contributed by atoms with E-state index in [-0.39, 0.29) is 17.2 Å². The Labute approximate surface area is 105 Å². The molecule has 1 aliphatic heterocycles. The summed E-state index contributed by atoms with van der Waals surface area (Å²) >= 11 is 0. The fourth-order valence-corrected chi connectivity index (χ4v) is 2.10. The molecule has 4 heteroatoms. The van der Waals surface area contributed by atoms with Crippen LogP contribution in [0.2, 0.25) is 0 Å². The molecule has 1 saturated heterocycles. The number of nitrogens with zero attached hydrogens (tertiary/aromatic N) is 1. The maximum atomic E-state index is 12.0. The Bertz CT molecular complexity index is 240. The van der Waals surface area contributed by atoms with Gasteiger partial charge < -0.3 is 16.0 Å². The predicted octanol–water partition coefficient (Wildman–Crippen LogP) is 0.819. The van der Waals surface area contributed by atoms with Gasteiger partial charge in [-0.25, -0.2) is 0 Å². The Kier molecular flexibility index (Phi) is 5.40. The van der Waals surface area contributed by atoms with Gasteiger partial charge in [0.1, 0.15) is 0 Å². The number of amides is 1. The van der Waals surface area contributed by atoms with Crippen LogP contribution in [0.3, 0.4) is 0 Å². The zero-order valence-corrected chi connectivity index (χ0v) is 11.5. The standard InChI is InChI=1S/C13H27N3O/c1-13(2,3)10-15-12(17)11-4-7-16(8-5-11)9-6-14/h11H,4-10,14H2,1-3H3,(H,15,17). The maximum Gasteiger partial charge on any atom is 0.223 e. The highest BCUT2D eigenvalue weighted by atomic mass is 16.1. The number of nitrogens with two attached hydrogens (primary N) is 1. The SMILES string of the molecule is CC(C)(C)CNC(=O)C1CCN(CCN)CC1. The van der Waals surface area contributed by atoms with Gasteiger partial charge in [0.15, 0.2) is 0 Å². The molecular weight excluding hydrogens is 214 g/mol. The summed E-state index contributed by atoms with van der Waals surface area (Å²) in [7, 11) is 0. The molecule has 1 aliphatic rings. The topological polar surface area (TPSA) is 58.4 Å². The fourth-order valence-electron chi connectivity index (χ4n) is 2.10. The average molecular weight is 241 g/mol. The van der Waals surface area contributed by atoms with Gasteiger partial charge in [0.25, 0.3) is 0 Å². The van der Waals surface area contributed by atoms with Crippen LogP contribution in [0.25, 0.3) is 0 Å². The molecule has 0 atom stereocenters. The van der Waals surface area contributed by atoms with Crippen LogP contribution in [0.4, 0.5) is 0 Å². The number of hydrogen-bond acceptors (Lipinski definition) is 3. The van der Waals surface area contributed by atoms with E-state index in [0.717, 1.165) is 39.0 Å². The summed E-state index contributed by atoms with van der Waals surface area (Å²) in [6.07, 6.45) is 1.94. The Morgan fingerprint density at radius 3 is 2.41 bits per heavy atom. The molecule has 0 radical (unpaired) electrons. The summed E-state index contributed by atoms with van der Waals surface area (Å²) < 4.78 is 0. The molecule has 0 spiro atoms. The van der Waals surface area contributed by atoms with Gasteiger partial charge in [-0.1, -0.05) is 20.8 Å². The van der Waals surface area contributed by atoms with Crippen LogP contribution in [0, 0.1) is 11.3 Å². The summed E-state index contributed by atoms with van der Waals surface area (Å²) in [4.78, 5) is 14.3. The van der Waals surface area contributed by atoms with Crippen molar-refractivity contribution in [3.05, 3.63) is 0 Å². The number of carbonyl (C=O) groups is 1. The van der Waals surface area contributed by atoms with Crippen molar-refractivity contribution in [2.75, 3.05) is 32.7 Å². The van der Waals surface area contributed by atoms with E-state index < -0.39 is 0 Å². The van der Waals surface area contributed by atoms with E-state index >= 15 is 0 Å². The van der Waals surface area contributed by atoms with Crippen molar-refractivity contribution < 1.29 is 4.79 Å². The molecule has 0 unspecified atom stereocenters. The van der Waals surface area contributed by atoms with Gasteiger partial charge >= 0.3 is 0 Å². The van der Waals surface area contributed by atoms with E-state index in [4.69, 9.17) is 5.73 Å². The Hall–Kier alpha value is -0.610. The summed E-state index contributed by atoms with van der Waals surface area (Å²) in [5.41, 5.74) is 5.69. The van der Waals surface area contributed by atoms with Crippen LogP contribution in [-0.2, 0) is 4.79 Å². The average Bonchev–Trinajstić information content (AvgIpc) is 2.26.